The Labute approximate surface area is 119 Å². The molecule has 1 fully saturated rings. The number of alkyl halides is 3. The lowest BCUT2D eigenvalue weighted by Gasteiger charge is -2.21. The molecule has 112 valence electrons. The van der Waals surface area contributed by atoms with Gasteiger partial charge >= 0.3 is 6.36 Å². The number of aromatic nitrogens is 2. The molecule has 1 aromatic heterocycles. The van der Waals surface area contributed by atoms with Crippen LogP contribution < -0.4 is 9.75 Å². The number of ether oxygens (including phenoxy) is 1. The fourth-order valence-corrected chi connectivity index (χ4v) is 2.48. The number of nitrogens with zero attached hydrogens (tertiary/aromatic N) is 3. The van der Waals surface area contributed by atoms with Crippen molar-refractivity contribution in [3.8, 4) is 17.1 Å². The van der Waals surface area contributed by atoms with E-state index in [1.165, 1.54) is 18.2 Å². The molecule has 0 spiro atoms. The molecule has 0 atom stereocenters. The van der Waals surface area contributed by atoms with Gasteiger partial charge in [-0.3, -0.25) is 0 Å². The number of rotatable bonds is 3. The highest BCUT2D eigenvalue weighted by Gasteiger charge is 2.31. The van der Waals surface area contributed by atoms with Crippen LogP contribution in [-0.2, 0) is 0 Å². The fraction of sp³-hybridized carbons (Fsp3) is 0.357. The highest BCUT2D eigenvalue weighted by Crippen LogP contribution is 2.27. The van der Waals surface area contributed by atoms with Gasteiger partial charge in [-0.15, -0.1) is 13.2 Å². The largest absolute Gasteiger partial charge is 0.573 e. The smallest absolute Gasteiger partial charge is 0.406 e. The maximum absolute atomic E-state index is 12.3. The molecule has 0 radical (unpaired) electrons. The fourth-order valence-electron chi connectivity index (χ4n) is 2.48. The predicted molar refractivity (Wildman–Crippen MR) is 71.5 cm³/mol. The number of imidazole rings is 1. The maximum atomic E-state index is 12.3. The second-order valence-corrected chi connectivity index (χ2v) is 4.83. The normalized spacial score (nSPS) is 15.5. The summed E-state index contributed by atoms with van der Waals surface area (Å²) in [6.45, 7) is 1.84. The van der Waals surface area contributed by atoms with Crippen LogP contribution in [0.4, 0.5) is 13.2 Å². The highest BCUT2D eigenvalue weighted by atomic mass is 19.4. The van der Waals surface area contributed by atoms with Crippen LogP contribution in [0.25, 0.3) is 11.4 Å². The Balaban J connectivity index is 1.90. The van der Waals surface area contributed by atoms with E-state index in [4.69, 9.17) is 0 Å². The van der Waals surface area contributed by atoms with Crippen molar-refractivity contribution >= 4 is 0 Å². The molecule has 1 aliphatic heterocycles. The van der Waals surface area contributed by atoms with Crippen LogP contribution in [0.3, 0.4) is 0 Å². The van der Waals surface area contributed by atoms with Crippen LogP contribution in [0.5, 0.6) is 5.75 Å². The third-order valence-electron chi connectivity index (χ3n) is 3.33. The Hall–Kier alpha value is -2.18. The molecule has 2 heterocycles. The molecule has 0 N–H and O–H groups in total. The summed E-state index contributed by atoms with van der Waals surface area (Å²) < 4.78 is 42.7. The van der Waals surface area contributed by atoms with Crippen LogP contribution in [-0.4, -0.2) is 29.1 Å². The Morgan fingerprint density at radius 1 is 1.14 bits per heavy atom. The number of hydrogen-bond acceptors (Lipinski definition) is 3. The molecular weight excluding hydrogens is 283 g/mol. The standard InChI is InChI=1S/C14H14F3N3O/c15-14(16,17)21-12-5-3-4-11(10-12)13-18-6-9-20(13)19-7-1-2-8-19/h3-6,9-10H,1-2,7-8H2. The van der Waals surface area contributed by atoms with Crippen molar-refractivity contribution in [2.45, 2.75) is 19.2 Å². The summed E-state index contributed by atoms with van der Waals surface area (Å²) in [6, 6.07) is 5.88. The minimum absolute atomic E-state index is 0.240. The van der Waals surface area contributed by atoms with Crippen LogP contribution in [0.1, 0.15) is 12.8 Å². The van der Waals surface area contributed by atoms with Crippen molar-refractivity contribution in [2.75, 3.05) is 18.1 Å². The lowest BCUT2D eigenvalue weighted by Crippen LogP contribution is -2.31. The molecule has 2 aromatic rings. The summed E-state index contributed by atoms with van der Waals surface area (Å²) in [5.74, 6) is 0.375. The SMILES string of the molecule is FC(F)(F)Oc1cccc(-c2nccn2N2CCCC2)c1. The van der Waals surface area contributed by atoms with Crippen molar-refractivity contribution < 1.29 is 17.9 Å². The second-order valence-electron chi connectivity index (χ2n) is 4.83. The van der Waals surface area contributed by atoms with Gasteiger partial charge in [0, 0.05) is 31.0 Å². The van der Waals surface area contributed by atoms with E-state index in [2.05, 4.69) is 14.7 Å². The zero-order chi connectivity index (χ0) is 14.9. The first-order valence-electron chi connectivity index (χ1n) is 6.68. The van der Waals surface area contributed by atoms with E-state index in [1.54, 1.807) is 12.3 Å². The highest BCUT2D eigenvalue weighted by molar-refractivity contribution is 5.58. The van der Waals surface area contributed by atoms with Gasteiger partial charge in [-0.2, -0.15) is 0 Å². The Morgan fingerprint density at radius 2 is 1.90 bits per heavy atom. The van der Waals surface area contributed by atoms with Gasteiger partial charge in [0.05, 0.1) is 0 Å². The van der Waals surface area contributed by atoms with E-state index in [1.807, 2.05) is 10.9 Å². The monoisotopic (exact) mass is 297 g/mol. The molecule has 1 aromatic carbocycles. The first kappa shape index (κ1) is 13.8. The molecule has 0 amide bonds. The van der Waals surface area contributed by atoms with Crippen molar-refractivity contribution in [1.82, 2.24) is 9.66 Å². The summed E-state index contributed by atoms with van der Waals surface area (Å²) >= 11 is 0. The number of benzene rings is 1. The minimum Gasteiger partial charge on any atom is -0.406 e. The summed E-state index contributed by atoms with van der Waals surface area (Å²) in [4.78, 5) is 4.25. The Kier molecular flexibility index (Phi) is 3.48. The van der Waals surface area contributed by atoms with Gasteiger partial charge in [0.2, 0.25) is 0 Å². The van der Waals surface area contributed by atoms with Gasteiger partial charge in [-0.25, -0.2) is 9.66 Å². The Morgan fingerprint density at radius 3 is 2.62 bits per heavy atom. The molecule has 0 unspecified atom stereocenters. The van der Waals surface area contributed by atoms with Gasteiger partial charge < -0.3 is 9.75 Å². The molecule has 3 rings (SSSR count). The molecular formula is C14H14F3N3O. The van der Waals surface area contributed by atoms with Crippen LogP contribution in [0.15, 0.2) is 36.7 Å². The number of halogens is 3. The third-order valence-corrected chi connectivity index (χ3v) is 3.33. The number of hydrogen-bond donors (Lipinski definition) is 0. The predicted octanol–water partition coefficient (Wildman–Crippen LogP) is 3.18. The zero-order valence-corrected chi connectivity index (χ0v) is 11.2. The lowest BCUT2D eigenvalue weighted by atomic mass is 10.2. The van der Waals surface area contributed by atoms with Crippen molar-refractivity contribution in [3.63, 3.8) is 0 Å². The molecule has 21 heavy (non-hydrogen) atoms. The quantitative estimate of drug-likeness (QED) is 0.871. The van der Waals surface area contributed by atoms with E-state index in [0.29, 0.717) is 11.4 Å². The van der Waals surface area contributed by atoms with Crippen LogP contribution >= 0.6 is 0 Å². The lowest BCUT2D eigenvalue weighted by molar-refractivity contribution is -0.274. The molecule has 4 nitrogen and oxygen atoms in total. The van der Waals surface area contributed by atoms with E-state index in [0.717, 1.165) is 25.9 Å². The first-order valence-corrected chi connectivity index (χ1v) is 6.68. The van der Waals surface area contributed by atoms with Gasteiger partial charge in [0.25, 0.3) is 0 Å². The van der Waals surface area contributed by atoms with Crippen molar-refractivity contribution in [2.24, 2.45) is 0 Å². The Bertz CT molecular complexity index is 618. The molecule has 1 saturated heterocycles. The van der Waals surface area contributed by atoms with E-state index in [-0.39, 0.29) is 5.75 Å². The van der Waals surface area contributed by atoms with Gasteiger partial charge in [-0.05, 0) is 25.0 Å². The second kappa shape index (κ2) is 5.31. The molecule has 0 bridgehead atoms. The summed E-state index contributed by atoms with van der Waals surface area (Å²) in [5.41, 5.74) is 0.591. The van der Waals surface area contributed by atoms with Crippen molar-refractivity contribution in [1.29, 1.82) is 0 Å². The minimum atomic E-state index is -4.69. The molecule has 7 heteroatoms. The van der Waals surface area contributed by atoms with Crippen LogP contribution in [0.2, 0.25) is 0 Å². The third kappa shape index (κ3) is 3.12. The van der Waals surface area contributed by atoms with E-state index < -0.39 is 6.36 Å². The van der Waals surface area contributed by atoms with Gasteiger partial charge in [-0.1, -0.05) is 12.1 Å². The summed E-state index contributed by atoms with van der Waals surface area (Å²) in [7, 11) is 0. The molecule has 1 aliphatic rings. The molecule has 0 saturated carbocycles. The summed E-state index contributed by atoms with van der Waals surface area (Å²) in [6.07, 6.45) is 0.982. The topological polar surface area (TPSA) is 30.3 Å². The van der Waals surface area contributed by atoms with Gasteiger partial charge in [0.1, 0.15) is 5.75 Å². The van der Waals surface area contributed by atoms with Crippen LogP contribution in [0, 0.1) is 0 Å². The average Bonchev–Trinajstić information content (AvgIpc) is 3.08. The van der Waals surface area contributed by atoms with Gasteiger partial charge in [0.15, 0.2) is 5.82 Å². The summed E-state index contributed by atoms with van der Waals surface area (Å²) in [5, 5.41) is 2.12. The zero-order valence-electron chi connectivity index (χ0n) is 11.2. The molecule has 0 aliphatic carbocycles. The van der Waals surface area contributed by atoms with Crippen molar-refractivity contribution in [3.05, 3.63) is 36.7 Å². The average molecular weight is 297 g/mol. The van der Waals surface area contributed by atoms with E-state index >= 15 is 0 Å². The maximum Gasteiger partial charge on any atom is 0.573 e. The first-order chi connectivity index (χ1) is 10.0. The van der Waals surface area contributed by atoms with E-state index in [9.17, 15) is 13.2 Å².